The van der Waals surface area contributed by atoms with Gasteiger partial charge in [0.2, 0.25) is 12.0 Å². The Hall–Kier alpha value is -3.15. The van der Waals surface area contributed by atoms with Crippen molar-refractivity contribution in [2.24, 2.45) is 0 Å². The van der Waals surface area contributed by atoms with Crippen LogP contribution in [0.15, 0.2) is 51.7 Å². The van der Waals surface area contributed by atoms with E-state index in [9.17, 15) is 30.3 Å². The van der Waals surface area contributed by atoms with E-state index in [2.05, 4.69) is 0 Å². The molecule has 170 valence electrons. The zero-order valence-corrected chi connectivity index (χ0v) is 16.9. The molecule has 1 fully saturated rings. The average molecular weight is 446 g/mol. The second kappa shape index (κ2) is 8.77. The number of fused-ring (bicyclic) bond motifs is 1. The molecule has 0 aliphatic carbocycles. The third-order valence-corrected chi connectivity index (χ3v) is 5.27. The molecular formula is C22H22O10. The highest BCUT2D eigenvalue weighted by atomic mass is 16.7. The van der Waals surface area contributed by atoms with Gasteiger partial charge in [0, 0.05) is 17.7 Å². The summed E-state index contributed by atoms with van der Waals surface area (Å²) in [6.07, 6.45) is -7.69. The Labute approximate surface area is 181 Å². The number of aliphatic hydroxyl groups is 4. The molecule has 0 saturated carbocycles. The van der Waals surface area contributed by atoms with E-state index in [4.69, 9.17) is 18.6 Å². The number of phenols is 1. The van der Waals surface area contributed by atoms with E-state index in [0.29, 0.717) is 5.56 Å². The van der Waals surface area contributed by atoms with Gasteiger partial charge in [0.05, 0.1) is 13.7 Å². The van der Waals surface area contributed by atoms with Gasteiger partial charge in [0.15, 0.2) is 16.9 Å². The fraction of sp³-hybridized carbons (Fsp3) is 0.318. The Balaban J connectivity index is 1.79. The highest BCUT2D eigenvalue weighted by molar-refractivity contribution is 5.89. The number of aliphatic hydroxyl groups excluding tert-OH is 4. The van der Waals surface area contributed by atoms with Crippen LogP contribution in [0, 0.1) is 0 Å². The molecule has 1 aliphatic heterocycles. The van der Waals surface area contributed by atoms with Crippen molar-refractivity contribution in [1.82, 2.24) is 0 Å². The predicted molar refractivity (Wildman–Crippen MR) is 111 cm³/mol. The van der Waals surface area contributed by atoms with Gasteiger partial charge in [0.25, 0.3) is 0 Å². The zero-order chi connectivity index (χ0) is 23.0. The maximum atomic E-state index is 12.8. The Morgan fingerprint density at radius 1 is 1.03 bits per heavy atom. The molecule has 10 heteroatoms. The van der Waals surface area contributed by atoms with Crippen molar-refractivity contribution in [3.8, 4) is 28.6 Å². The first-order chi connectivity index (χ1) is 15.3. The Morgan fingerprint density at radius 2 is 1.75 bits per heavy atom. The molecule has 10 nitrogen and oxygen atoms in total. The summed E-state index contributed by atoms with van der Waals surface area (Å²) in [6, 6.07) is 11.4. The summed E-state index contributed by atoms with van der Waals surface area (Å²) in [4.78, 5) is 12.8. The largest absolute Gasteiger partial charge is 0.502 e. The van der Waals surface area contributed by atoms with Crippen molar-refractivity contribution >= 4 is 11.0 Å². The van der Waals surface area contributed by atoms with Crippen LogP contribution < -0.4 is 14.9 Å². The molecule has 3 aromatic rings. The lowest BCUT2D eigenvalue weighted by molar-refractivity contribution is -0.277. The van der Waals surface area contributed by atoms with Crippen molar-refractivity contribution in [1.29, 1.82) is 0 Å². The van der Waals surface area contributed by atoms with E-state index in [1.165, 1.54) is 19.2 Å². The summed E-state index contributed by atoms with van der Waals surface area (Å²) in [6.45, 7) is -0.646. The maximum absolute atomic E-state index is 12.8. The van der Waals surface area contributed by atoms with Gasteiger partial charge in [-0.3, -0.25) is 4.79 Å². The smallest absolute Gasteiger partial charge is 0.229 e. The lowest BCUT2D eigenvalue weighted by atomic mass is 9.99. The minimum Gasteiger partial charge on any atom is -0.502 e. The van der Waals surface area contributed by atoms with E-state index in [-0.39, 0.29) is 28.2 Å². The molecule has 0 bridgehead atoms. The van der Waals surface area contributed by atoms with E-state index in [0.717, 1.165) is 0 Å². The molecule has 2 heterocycles. The third-order valence-electron chi connectivity index (χ3n) is 5.27. The van der Waals surface area contributed by atoms with Crippen molar-refractivity contribution in [2.45, 2.75) is 30.7 Å². The SMILES string of the molecule is COc1c(O)c(O[C@@H]2O[C@H](CO)[C@@H](O)[C@H](O)[C@H]2O)cc2oc(-c3ccccc3)cc(=O)c12. The van der Waals surface area contributed by atoms with Gasteiger partial charge in [-0.15, -0.1) is 0 Å². The molecular weight excluding hydrogens is 424 g/mol. The monoisotopic (exact) mass is 446 g/mol. The van der Waals surface area contributed by atoms with E-state index >= 15 is 0 Å². The van der Waals surface area contributed by atoms with E-state index in [1.807, 2.05) is 6.07 Å². The summed E-state index contributed by atoms with van der Waals surface area (Å²) in [5, 5.41) is 50.1. The molecule has 32 heavy (non-hydrogen) atoms. The summed E-state index contributed by atoms with van der Waals surface area (Å²) in [7, 11) is 1.25. The molecule has 0 amide bonds. The molecule has 2 aromatic carbocycles. The average Bonchev–Trinajstić information content (AvgIpc) is 2.80. The van der Waals surface area contributed by atoms with Crippen LogP contribution in [0.1, 0.15) is 0 Å². The Morgan fingerprint density at radius 3 is 2.41 bits per heavy atom. The van der Waals surface area contributed by atoms with Crippen molar-refractivity contribution in [3.05, 3.63) is 52.7 Å². The van der Waals surface area contributed by atoms with Gasteiger partial charge < -0.3 is 44.2 Å². The van der Waals surface area contributed by atoms with Crippen molar-refractivity contribution < 1.29 is 44.2 Å². The summed E-state index contributed by atoms with van der Waals surface area (Å²) in [5.41, 5.74) is 0.220. The molecule has 0 radical (unpaired) electrons. The summed E-state index contributed by atoms with van der Waals surface area (Å²) < 4.78 is 21.9. The number of hydrogen-bond donors (Lipinski definition) is 5. The third kappa shape index (κ3) is 3.78. The summed E-state index contributed by atoms with van der Waals surface area (Å²) >= 11 is 0. The zero-order valence-electron chi connectivity index (χ0n) is 16.9. The first kappa shape index (κ1) is 22.1. The minimum atomic E-state index is -1.70. The second-order valence-corrected chi connectivity index (χ2v) is 7.29. The van der Waals surface area contributed by atoms with Gasteiger partial charge >= 0.3 is 0 Å². The highest BCUT2D eigenvalue weighted by Gasteiger charge is 2.45. The number of aromatic hydroxyl groups is 1. The lowest BCUT2D eigenvalue weighted by Crippen LogP contribution is -2.60. The Kier molecular flexibility index (Phi) is 6.04. The molecule has 5 atom stereocenters. The van der Waals surface area contributed by atoms with Gasteiger partial charge in [-0.05, 0) is 0 Å². The van der Waals surface area contributed by atoms with Gasteiger partial charge in [-0.2, -0.15) is 0 Å². The number of ether oxygens (including phenoxy) is 3. The van der Waals surface area contributed by atoms with Crippen molar-refractivity contribution in [2.75, 3.05) is 13.7 Å². The second-order valence-electron chi connectivity index (χ2n) is 7.29. The Bertz CT molecular complexity index is 1160. The van der Waals surface area contributed by atoms with E-state index < -0.39 is 48.5 Å². The molecule has 4 rings (SSSR count). The summed E-state index contributed by atoms with van der Waals surface area (Å²) in [5.74, 6) is -0.770. The maximum Gasteiger partial charge on any atom is 0.229 e. The van der Waals surface area contributed by atoms with Gasteiger partial charge in [-0.25, -0.2) is 0 Å². The number of methoxy groups -OCH3 is 1. The number of benzene rings is 2. The van der Waals surface area contributed by atoms with Crippen LogP contribution in [0.5, 0.6) is 17.2 Å². The van der Waals surface area contributed by atoms with Gasteiger partial charge in [0.1, 0.15) is 41.1 Å². The minimum absolute atomic E-state index is 0.0224. The van der Waals surface area contributed by atoms with Crippen LogP contribution >= 0.6 is 0 Å². The van der Waals surface area contributed by atoms with Crippen LogP contribution in [-0.2, 0) is 4.74 Å². The normalized spacial score (nSPS) is 25.6. The van der Waals surface area contributed by atoms with E-state index in [1.54, 1.807) is 24.3 Å². The van der Waals surface area contributed by atoms with Crippen molar-refractivity contribution in [3.63, 3.8) is 0 Å². The molecule has 1 saturated heterocycles. The van der Waals surface area contributed by atoms with Crippen LogP contribution in [0.25, 0.3) is 22.3 Å². The molecule has 0 unspecified atom stereocenters. The molecule has 1 aromatic heterocycles. The lowest BCUT2D eigenvalue weighted by Gasteiger charge is -2.39. The molecule has 0 spiro atoms. The van der Waals surface area contributed by atoms with Crippen LogP contribution in [0.2, 0.25) is 0 Å². The first-order valence-electron chi connectivity index (χ1n) is 9.76. The number of phenolic OH excluding ortho intramolecular Hbond substituents is 1. The topological polar surface area (TPSA) is 159 Å². The molecule has 5 N–H and O–H groups in total. The number of rotatable bonds is 5. The quantitative estimate of drug-likeness (QED) is 0.370. The van der Waals surface area contributed by atoms with Crippen LogP contribution in [0.3, 0.4) is 0 Å². The first-order valence-corrected chi connectivity index (χ1v) is 9.76. The predicted octanol–water partition coefficient (Wildman–Crippen LogP) is 0.353. The van der Waals surface area contributed by atoms with Crippen LogP contribution in [-0.4, -0.2) is 70.0 Å². The molecule has 1 aliphatic rings. The number of hydrogen-bond acceptors (Lipinski definition) is 10. The van der Waals surface area contributed by atoms with Crippen LogP contribution in [0.4, 0.5) is 0 Å². The van der Waals surface area contributed by atoms with Gasteiger partial charge in [-0.1, -0.05) is 30.3 Å². The fourth-order valence-corrected chi connectivity index (χ4v) is 3.58. The highest BCUT2D eigenvalue weighted by Crippen LogP contribution is 2.43. The fourth-order valence-electron chi connectivity index (χ4n) is 3.58. The standard InChI is InChI=1S/C22H22O10/c1-29-21-16-11(24)7-12(10-5-3-2-4-6-10)30-13(16)8-14(18(21)26)31-22-20(28)19(27)17(25)15(9-23)32-22/h2-8,15,17,19-20,22-23,25-28H,9H2,1H3/t15-,17-,19+,20-,22-/m1/s1.